The number of rotatable bonds is 2. The van der Waals surface area contributed by atoms with Gasteiger partial charge in [-0.25, -0.2) is 0 Å². The minimum absolute atomic E-state index is 0.132. The second-order valence-corrected chi connectivity index (χ2v) is 7.40. The third kappa shape index (κ3) is 2.71. The Morgan fingerprint density at radius 3 is 2.65 bits per heavy atom. The van der Waals surface area contributed by atoms with Crippen LogP contribution < -0.4 is 5.43 Å². The maximum Gasteiger partial charge on any atom is 0.260 e. The van der Waals surface area contributed by atoms with E-state index < -0.39 is 5.43 Å². The molecule has 2 aliphatic heterocycles. The SMILES string of the molecule is CC1CCCCn2c3c(c(=O)c(O)c21)C(=O)N(Cc1ccccc1)CC3. The van der Waals surface area contributed by atoms with Crippen LogP contribution in [0.1, 0.15) is 59.4 Å². The van der Waals surface area contributed by atoms with Gasteiger partial charge in [-0.05, 0) is 18.4 Å². The lowest BCUT2D eigenvalue weighted by molar-refractivity contribution is 0.0720. The van der Waals surface area contributed by atoms with Crippen molar-refractivity contribution in [1.29, 1.82) is 0 Å². The Bertz CT molecular complexity index is 902. The van der Waals surface area contributed by atoms with Crippen molar-refractivity contribution in [2.24, 2.45) is 0 Å². The number of carbonyl (C=O) groups excluding carboxylic acids is 1. The van der Waals surface area contributed by atoms with Gasteiger partial charge >= 0.3 is 0 Å². The molecule has 0 saturated carbocycles. The molecular weight excluding hydrogens is 328 g/mol. The van der Waals surface area contributed by atoms with Gasteiger partial charge < -0.3 is 14.6 Å². The van der Waals surface area contributed by atoms with Gasteiger partial charge in [0.15, 0.2) is 5.75 Å². The summed E-state index contributed by atoms with van der Waals surface area (Å²) in [5.74, 6) is -0.358. The van der Waals surface area contributed by atoms with Crippen molar-refractivity contribution in [2.75, 3.05) is 6.54 Å². The fraction of sp³-hybridized carbons (Fsp3) is 0.429. The molecule has 0 fully saturated rings. The Hall–Kier alpha value is -2.56. The quantitative estimate of drug-likeness (QED) is 0.904. The molecule has 0 saturated heterocycles. The van der Waals surface area contributed by atoms with E-state index >= 15 is 0 Å². The Kier molecular flexibility index (Phi) is 4.31. The zero-order valence-electron chi connectivity index (χ0n) is 15.1. The predicted molar refractivity (Wildman–Crippen MR) is 99.5 cm³/mol. The van der Waals surface area contributed by atoms with Gasteiger partial charge in [0.25, 0.3) is 5.91 Å². The molecule has 0 bridgehead atoms. The van der Waals surface area contributed by atoms with Gasteiger partial charge in [0.05, 0.1) is 5.69 Å². The Morgan fingerprint density at radius 1 is 1.12 bits per heavy atom. The molecule has 26 heavy (non-hydrogen) atoms. The van der Waals surface area contributed by atoms with Gasteiger partial charge in [-0.15, -0.1) is 0 Å². The Labute approximate surface area is 152 Å². The monoisotopic (exact) mass is 352 g/mol. The molecule has 0 radical (unpaired) electrons. The third-order valence-electron chi connectivity index (χ3n) is 5.66. The summed E-state index contributed by atoms with van der Waals surface area (Å²) < 4.78 is 2.06. The molecule has 1 aromatic carbocycles. The summed E-state index contributed by atoms with van der Waals surface area (Å²) in [6, 6.07) is 9.79. The standard InChI is InChI=1S/C21H24N2O3/c1-14-7-5-6-11-23-16-10-12-22(13-15-8-3-2-4-9-15)21(26)17(16)19(24)20(25)18(14)23/h2-4,8-9,14,25H,5-7,10-13H2,1H3. The van der Waals surface area contributed by atoms with E-state index in [1.165, 1.54) is 0 Å². The van der Waals surface area contributed by atoms with Crippen molar-refractivity contribution in [1.82, 2.24) is 9.47 Å². The van der Waals surface area contributed by atoms with E-state index in [2.05, 4.69) is 11.5 Å². The van der Waals surface area contributed by atoms with Crippen molar-refractivity contribution in [3.05, 3.63) is 63.1 Å². The zero-order chi connectivity index (χ0) is 18.3. The highest BCUT2D eigenvalue weighted by Crippen LogP contribution is 2.34. The maximum atomic E-state index is 13.0. The van der Waals surface area contributed by atoms with E-state index in [0.717, 1.165) is 42.8 Å². The number of hydrogen-bond donors (Lipinski definition) is 1. The van der Waals surface area contributed by atoms with Gasteiger partial charge in [0, 0.05) is 37.7 Å². The highest BCUT2D eigenvalue weighted by atomic mass is 16.3. The van der Waals surface area contributed by atoms with E-state index in [1.807, 2.05) is 30.3 Å². The van der Waals surface area contributed by atoms with Crippen molar-refractivity contribution < 1.29 is 9.90 Å². The first-order valence-electron chi connectivity index (χ1n) is 9.39. The number of fused-ring (bicyclic) bond motifs is 3. The average Bonchev–Trinajstić information content (AvgIpc) is 2.84. The number of nitrogens with zero attached hydrogens (tertiary/aromatic N) is 2. The van der Waals surface area contributed by atoms with Crippen molar-refractivity contribution in [2.45, 2.75) is 51.6 Å². The van der Waals surface area contributed by atoms with Crippen LogP contribution >= 0.6 is 0 Å². The number of carbonyl (C=O) groups is 1. The van der Waals surface area contributed by atoms with Gasteiger partial charge in [0.1, 0.15) is 5.56 Å². The Morgan fingerprint density at radius 2 is 1.88 bits per heavy atom. The molecule has 2 aromatic rings. The minimum atomic E-state index is -0.497. The molecule has 136 valence electrons. The molecule has 0 aliphatic carbocycles. The average molecular weight is 352 g/mol. The number of amides is 1. The number of hydrogen-bond acceptors (Lipinski definition) is 3. The fourth-order valence-corrected chi connectivity index (χ4v) is 4.32. The van der Waals surface area contributed by atoms with Crippen LogP contribution in [-0.2, 0) is 19.5 Å². The summed E-state index contributed by atoms with van der Waals surface area (Å²) in [5.41, 5.74) is 2.24. The van der Waals surface area contributed by atoms with Gasteiger partial charge in [0.2, 0.25) is 5.43 Å². The van der Waals surface area contributed by atoms with E-state index in [-0.39, 0.29) is 23.1 Å². The van der Waals surface area contributed by atoms with E-state index in [1.54, 1.807) is 4.90 Å². The van der Waals surface area contributed by atoms with E-state index in [4.69, 9.17) is 0 Å². The molecule has 5 heteroatoms. The number of aromatic hydroxyl groups is 1. The van der Waals surface area contributed by atoms with Crippen LogP contribution in [0.4, 0.5) is 0 Å². The smallest absolute Gasteiger partial charge is 0.260 e. The van der Waals surface area contributed by atoms with Crippen LogP contribution in [0.15, 0.2) is 35.1 Å². The van der Waals surface area contributed by atoms with Crippen LogP contribution in [0.3, 0.4) is 0 Å². The zero-order valence-corrected chi connectivity index (χ0v) is 15.1. The van der Waals surface area contributed by atoms with E-state index in [0.29, 0.717) is 19.5 Å². The summed E-state index contributed by atoms with van der Waals surface area (Å²) in [7, 11) is 0. The summed E-state index contributed by atoms with van der Waals surface area (Å²) in [6.45, 7) is 3.90. The highest BCUT2D eigenvalue weighted by molar-refractivity contribution is 5.96. The van der Waals surface area contributed by atoms with Gasteiger partial charge in [-0.2, -0.15) is 0 Å². The first-order valence-corrected chi connectivity index (χ1v) is 9.39. The molecule has 1 N–H and O–H groups in total. The van der Waals surface area contributed by atoms with Crippen LogP contribution in [0.25, 0.3) is 0 Å². The predicted octanol–water partition coefficient (Wildman–Crippen LogP) is 3.04. The lowest BCUT2D eigenvalue weighted by Crippen LogP contribution is -2.42. The number of aromatic nitrogens is 1. The second kappa shape index (κ2) is 6.63. The van der Waals surface area contributed by atoms with E-state index in [9.17, 15) is 14.7 Å². The number of pyridine rings is 1. The number of benzene rings is 1. The highest BCUT2D eigenvalue weighted by Gasteiger charge is 2.34. The summed E-state index contributed by atoms with van der Waals surface area (Å²) in [4.78, 5) is 27.6. The summed E-state index contributed by atoms with van der Waals surface area (Å²) >= 11 is 0. The molecule has 1 aromatic heterocycles. The summed E-state index contributed by atoms with van der Waals surface area (Å²) in [6.07, 6.45) is 3.69. The lowest BCUT2D eigenvalue weighted by atomic mass is 9.96. The molecule has 2 aliphatic rings. The molecular formula is C21H24N2O3. The van der Waals surface area contributed by atoms with Gasteiger partial charge in [-0.1, -0.05) is 43.7 Å². The molecule has 1 unspecified atom stereocenters. The minimum Gasteiger partial charge on any atom is -0.503 e. The topological polar surface area (TPSA) is 62.5 Å². The fourth-order valence-electron chi connectivity index (χ4n) is 4.32. The first kappa shape index (κ1) is 16.9. The van der Waals surface area contributed by atoms with Crippen LogP contribution in [0.5, 0.6) is 5.75 Å². The molecule has 0 spiro atoms. The van der Waals surface area contributed by atoms with Crippen molar-refractivity contribution in [3.8, 4) is 5.75 Å². The molecule has 3 heterocycles. The molecule has 1 amide bonds. The van der Waals surface area contributed by atoms with Crippen LogP contribution in [0, 0.1) is 0 Å². The molecule has 5 nitrogen and oxygen atoms in total. The lowest BCUT2D eigenvalue weighted by Gasteiger charge is -2.32. The second-order valence-electron chi connectivity index (χ2n) is 7.40. The van der Waals surface area contributed by atoms with Gasteiger partial charge in [-0.3, -0.25) is 9.59 Å². The van der Waals surface area contributed by atoms with Crippen molar-refractivity contribution in [3.63, 3.8) is 0 Å². The third-order valence-corrected chi connectivity index (χ3v) is 5.66. The largest absolute Gasteiger partial charge is 0.503 e. The van der Waals surface area contributed by atoms with Crippen molar-refractivity contribution >= 4 is 5.91 Å². The normalized spacial score (nSPS) is 19.7. The van der Waals surface area contributed by atoms with Crippen LogP contribution in [-0.4, -0.2) is 27.0 Å². The molecule has 4 rings (SSSR count). The maximum absolute atomic E-state index is 13.0. The first-order chi connectivity index (χ1) is 12.6. The summed E-state index contributed by atoms with van der Waals surface area (Å²) in [5, 5.41) is 10.6. The van der Waals surface area contributed by atoms with Crippen LogP contribution in [0.2, 0.25) is 0 Å². The molecule has 1 atom stereocenters. The Balaban J connectivity index is 1.78.